The van der Waals surface area contributed by atoms with Crippen molar-refractivity contribution in [3.8, 4) is 12.3 Å². The number of carbonyl (C=O) groups is 2. The lowest BCUT2D eigenvalue weighted by molar-refractivity contribution is -0.134. The van der Waals surface area contributed by atoms with Crippen molar-refractivity contribution in [3.05, 3.63) is 29.5 Å². The van der Waals surface area contributed by atoms with E-state index in [0.717, 1.165) is 16.5 Å². The van der Waals surface area contributed by atoms with Crippen LogP contribution >= 0.6 is 0 Å². The Kier molecular flexibility index (Phi) is 3.22. The molecule has 0 spiro atoms. The molecule has 2 aromatic rings. The van der Waals surface area contributed by atoms with Crippen LogP contribution in [-0.2, 0) is 16.1 Å². The minimum atomic E-state index is -0.397. The third-order valence-electron chi connectivity index (χ3n) is 3.74. The van der Waals surface area contributed by atoms with Gasteiger partial charge in [-0.25, -0.2) is 0 Å². The summed E-state index contributed by atoms with van der Waals surface area (Å²) in [4.78, 5) is 23.4. The van der Waals surface area contributed by atoms with E-state index < -0.39 is 5.92 Å². The molecule has 2 heterocycles. The van der Waals surface area contributed by atoms with Gasteiger partial charge in [0.2, 0.25) is 11.8 Å². The molecular weight excluding hydrogens is 266 g/mol. The van der Waals surface area contributed by atoms with Crippen LogP contribution in [0.4, 0.5) is 0 Å². The first-order valence-corrected chi connectivity index (χ1v) is 6.84. The minimum Gasteiger partial charge on any atom is -0.296 e. The fourth-order valence-corrected chi connectivity index (χ4v) is 2.74. The number of nitrogens with zero attached hydrogens (tertiary/aromatic N) is 2. The second-order valence-electron chi connectivity index (χ2n) is 5.27. The number of aromatic nitrogens is 2. The molecule has 1 aliphatic rings. The molecular formula is C16H15N3O2. The standard InChI is InChI=1S/C16H15N3O2/c1-3-8-19-13-6-4-10(2)9-12(13)15(18-19)11-5-7-14(20)17-16(11)21/h1,4,6,9,11H,5,7-8H2,2H3,(H,17,20,21). The van der Waals surface area contributed by atoms with Gasteiger partial charge in [0.15, 0.2) is 0 Å². The maximum Gasteiger partial charge on any atom is 0.235 e. The lowest BCUT2D eigenvalue weighted by Crippen LogP contribution is -2.39. The number of fused-ring (bicyclic) bond motifs is 1. The van der Waals surface area contributed by atoms with Gasteiger partial charge >= 0.3 is 0 Å². The van der Waals surface area contributed by atoms with Crippen molar-refractivity contribution in [2.75, 3.05) is 0 Å². The van der Waals surface area contributed by atoms with Crippen LogP contribution in [0.15, 0.2) is 18.2 Å². The summed E-state index contributed by atoms with van der Waals surface area (Å²) >= 11 is 0. The number of piperidine rings is 1. The Morgan fingerprint density at radius 2 is 2.29 bits per heavy atom. The van der Waals surface area contributed by atoms with Gasteiger partial charge in [-0.3, -0.25) is 19.6 Å². The predicted octanol–water partition coefficient (Wildman–Crippen LogP) is 1.50. The van der Waals surface area contributed by atoms with E-state index in [2.05, 4.69) is 16.3 Å². The Morgan fingerprint density at radius 1 is 1.48 bits per heavy atom. The Labute approximate surface area is 122 Å². The Balaban J connectivity index is 2.13. The average molecular weight is 281 g/mol. The van der Waals surface area contributed by atoms with Crippen LogP contribution < -0.4 is 5.32 Å². The molecule has 1 fully saturated rings. The van der Waals surface area contributed by atoms with E-state index in [9.17, 15) is 9.59 Å². The number of nitrogens with one attached hydrogen (secondary N) is 1. The zero-order chi connectivity index (χ0) is 15.0. The van der Waals surface area contributed by atoms with Crippen molar-refractivity contribution in [3.63, 3.8) is 0 Å². The van der Waals surface area contributed by atoms with Gasteiger partial charge in [0.05, 0.1) is 17.1 Å². The number of imide groups is 1. The number of aryl methyl sites for hydroxylation is 1. The quantitative estimate of drug-likeness (QED) is 0.670. The summed E-state index contributed by atoms with van der Waals surface area (Å²) in [6.45, 7) is 2.35. The minimum absolute atomic E-state index is 0.222. The molecule has 5 heteroatoms. The molecule has 2 amide bonds. The van der Waals surface area contributed by atoms with E-state index in [1.165, 1.54) is 0 Å². The summed E-state index contributed by atoms with van der Waals surface area (Å²) in [5.74, 6) is 1.67. The van der Waals surface area contributed by atoms with Gasteiger partial charge in [-0.2, -0.15) is 5.10 Å². The number of benzene rings is 1. The first-order valence-electron chi connectivity index (χ1n) is 6.84. The molecule has 1 aliphatic heterocycles. The van der Waals surface area contributed by atoms with Crippen molar-refractivity contribution in [1.82, 2.24) is 15.1 Å². The highest BCUT2D eigenvalue weighted by Crippen LogP contribution is 2.30. The Bertz CT molecular complexity index is 783. The molecule has 3 rings (SSSR count). The summed E-state index contributed by atoms with van der Waals surface area (Å²) in [7, 11) is 0. The van der Waals surface area contributed by atoms with E-state index in [1.54, 1.807) is 4.68 Å². The van der Waals surface area contributed by atoms with Crippen molar-refractivity contribution < 1.29 is 9.59 Å². The highest BCUT2D eigenvalue weighted by molar-refractivity contribution is 6.02. The van der Waals surface area contributed by atoms with Gasteiger partial charge in [0.1, 0.15) is 6.54 Å². The monoisotopic (exact) mass is 281 g/mol. The van der Waals surface area contributed by atoms with Crippen LogP contribution in [0.3, 0.4) is 0 Å². The highest BCUT2D eigenvalue weighted by Gasteiger charge is 2.31. The van der Waals surface area contributed by atoms with E-state index >= 15 is 0 Å². The fourth-order valence-electron chi connectivity index (χ4n) is 2.74. The molecule has 0 aliphatic carbocycles. The first kappa shape index (κ1) is 13.4. The zero-order valence-electron chi connectivity index (χ0n) is 11.7. The second kappa shape index (κ2) is 5.06. The Hall–Kier alpha value is -2.61. The van der Waals surface area contributed by atoms with Crippen LogP contribution in [0.1, 0.15) is 30.0 Å². The maximum absolute atomic E-state index is 12.1. The summed E-state index contributed by atoms with van der Waals surface area (Å²) < 4.78 is 1.73. The average Bonchev–Trinajstić information content (AvgIpc) is 2.77. The van der Waals surface area contributed by atoms with E-state index in [-0.39, 0.29) is 11.8 Å². The molecule has 1 aromatic carbocycles. The van der Waals surface area contributed by atoms with Crippen LogP contribution in [0.2, 0.25) is 0 Å². The highest BCUT2D eigenvalue weighted by atomic mass is 16.2. The molecule has 0 saturated carbocycles. The van der Waals surface area contributed by atoms with Crippen LogP contribution in [0.5, 0.6) is 0 Å². The molecule has 0 radical (unpaired) electrons. The largest absolute Gasteiger partial charge is 0.296 e. The molecule has 1 saturated heterocycles. The molecule has 0 bridgehead atoms. The van der Waals surface area contributed by atoms with E-state index in [0.29, 0.717) is 25.1 Å². The Morgan fingerprint density at radius 3 is 3.00 bits per heavy atom. The molecule has 1 aromatic heterocycles. The number of hydrogen-bond acceptors (Lipinski definition) is 3. The molecule has 1 atom stereocenters. The van der Waals surface area contributed by atoms with E-state index in [1.807, 2.05) is 25.1 Å². The van der Waals surface area contributed by atoms with Crippen molar-refractivity contribution in [1.29, 1.82) is 0 Å². The normalized spacial score (nSPS) is 18.6. The topological polar surface area (TPSA) is 64.0 Å². The van der Waals surface area contributed by atoms with Crippen molar-refractivity contribution >= 4 is 22.7 Å². The molecule has 21 heavy (non-hydrogen) atoms. The maximum atomic E-state index is 12.1. The number of hydrogen-bond donors (Lipinski definition) is 1. The van der Waals surface area contributed by atoms with E-state index in [4.69, 9.17) is 6.42 Å². The van der Waals surface area contributed by atoms with Gasteiger partial charge in [-0.1, -0.05) is 17.6 Å². The van der Waals surface area contributed by atoms with Gasteiger partial charge in [0.25, 0.3) is 0 Å². The van der Waals surface area contributed by atoms with Gasteiger partial charge < -0.3 is 0 Å². The van der Waals surface area contributed by atoms with Crippen LogP contribution in [0.25, 0.3) is 10.9 Å². The fraction of sp³-hybridized carbons (Fsp3) is 0.312. The number of rotatable bonds is 2. The third kappa shape index (κ3) is 2.29. The molecule has 1 unspecified atom stereocenters. The van der Waals surface area contributed by atoms with Crippen LogP contribution in [0, 0.1) is 19.3 Å². The summed E-state index contributed by atoms with van der Waals surface area (Å²) in [6.07, 6.45) is 6.21. The second-order valence-corrected chi connectivity index (χ2v) is 5.27. The summed E-state index contributed by atoms with van der Waals surface area (Å²) in [5, 5.41) is 7.83. The summed E-state index contributed by atoms with van der Waals surface area (Å²) in [5.41, 5.74) is 2.71. The first-order chi connectivity index (χ1) is 10.1. The van der Waals surface area contributed by atoms with Crippen LogP contribution in [-0.4, -0.2) is 21.6 Å². The molecule has 106 valence electrons. The molecule has 5 nitrogen and oxygen atoms in total. The molecule has 1 N–H and O–H groups in total. The van der Waals surface area contributed by atoms with Crippen molar-refractivity contribution in [2.24, 2.45) is 0 Å². The number of carbonyl (C=O) groups excluding carboxylic acids is 2. The number of amides is 2. The SMILES string of the molecule is C#CCn1nc(C2CCC(=O)NC2=O)c2cc(C)ccc21. The van der Waals surface area contributed by atoms with Gasteiger partial charge in [-0.05, 0) is 25.5 Å². The van der Waals surface area contributed by atoms with Gasteiger partial charge in [0, 0.05) is 11.8 Å². The third-order valence-corrected chi connectivity index (χ3v) is 3.74. The zero-order valence-corrected chi connectivity index (χ0v) is 11.7. The smallest absolute Gasteiger partial charge is 0.235 e. The number of terminal acetylenes is 1. The lowest BCUT2D eigenvalue weighted by atomic mass is 9.92. The van der Waals surface area contributed by atoms with Gasteiger partial charge in [-0.15, -0.1) is 6.42 Å². The lowest BCUT2D eigenvalue weighted by Gasteiger charge is -2.19. The summed E-state index contributed by atoms with van der Waals surface area (Å²) in [6, 6.07) is 5.96. The van der Waals surface area contributed by atoms with Crippen molar-refractivity contribution in [2.45, 2.75) is 32.2 Å². The predicted molar refractivity (Wildman–Crippen MR) is 78.4 cm³/mol.